The van der Waals surface area contributed by atoms with Crippen LogP contribution in [0, 0.1) is 0 Å². The van der Waals surface area contributed by atoms with Crippen LogP contribution in [0.25, 0.3) is 0 Å². The van der Waals surface area contributed by atoms with Gasteiger partial charge in [-0.15, -0.1) is 0 Å². The Morgan fingerprint density at radius 1 is 0.585 bits per heavy atom. The molecule has 1 heterocycles. The first kappa shape index (κ1) is 37.2. The molecule has 1 fully saturated rings. The fourth-order valence-corrected chi connectivity index (χ4v) is 4.28. The zero-order valence-electron chi connectivity index (χ0n) is 27.0. The number of β-amino-alcohol motifs (C(OH)–C–C–N with tert-alkyl or cyclic N) is 1. The first-order valence-electron chi connectivity index (χ1n) is 14.7. The third-order valence-corrected chi connectivity index (χ3v) is 5.99. The van der Waals surface area contributed by atoms with Gasteiger partial charge < -0.3 is 25.1 Å². The molecule has 0 aromatic heterocycles. The Morgan fingerprint density at radius 2 is 0.829 bits per heavy atom. The summed E-state index contributed by atoms with van der Waals surface area (Å²) in [7, 11) is 0. The lowest BCUT2D eigenvalue weighted by Gasteiger charge is -2.34. The highest BCUT2D eigenvalue weighted by Crippen LogP contribution is 2.11. The molecule has 1 rings (SSSR count). The van der Waals surface area contributed by atoms with Crippen molar-refractivity contribution in [2.45, 2.75) is 85.2 Å². The molecule has 0 spiro atoms. The van der Waals surface area contributed by atoms with Crippen molar-refractivity contribution in [2.24, 2.45) is 5.73 Å². The molecule has 0 amide bonds. The lowest BCUT2D eigenvalue weighted by atomic mass is 10.2. The molecule has 41 heavy (non-hydrogen) atoms. The summed E-state index contributed by atoms with van der Waals surface area (Å²) in [6, 6.07) is 0. The zero-order chi connectivity index (χ0) is 31.4. The van der Waals surface area contributed by atoms with E-state index in [-0.39, 0.29) is 44.1 Å². The highest BCUT2D eigenvalue weighted by molar-refractivity contribution is 5.73. The molecule has 0 bridgehead atoms. The van der Waals surface area contributed by atoms with Crippen LogP contribution >= 0.6 is 0 Å². The van der Waals surface area contributed by atoms with Crippen LogP contribution in [0.1, 0.15) is 62.3 Å². The van der Waals surface area contributed by atoms with Gasteiger partial charge in [-0.1, -0.05) is 0 Å². The molecule has 1 saturated heterocycles. The van der Waals surface area contributed by atoms with Crippen molar-refractivity contribution in [3.05, 3.63) is 0 Å². The predicted octanol–water partition coefficient (Wildman–Crippen LogP) is 0.553. The molecule has 0 aromatic rings. The van der Waals surface area contributed by atoms with Crippen molar-refractivity contribution in [3.63, 3.8) is 0 Å². The molecule has 1 aliphatic rings. The van der Waals surface area contributed by atoms with E-state index < -0.39 is 22.9 Å². The molecule has 12 heteroatoms. The molecule has 12 nitrogen and oxygen atoms in total. The molecule has 0 aromatic carbocycles. The monoisotopic (exact) mass is 587 g/mol. The number of hydrogen-bond acceptors (Lipinski definition) is 12. The van der Waals surface area contributed by atoms with Gasteiger partial charge in [0.15, 0.2) is 0 Å². The minimum atomic E-state index is -0.689. The summed E-state index contributed by atoms with van der Waals surface area (Å²) in [5.41, 5.74) is 3.90. The van der Waals surface area contributed by atoms with Gasteiger partial charge in [0.05, 0.1) is 25.7 Å². The number of esters is 3. The summed E-state index contributed by atoms with van der Waals surface area (Å²) < 4.78 is 16.7. The number of aliphatic hydroxyl groups is 1. The van der Waals surface area contributed by atoms with Gasteiger partial charge in [0.2, 0.25) is 0 Å². The fourth-order valence-electron chi connectivity index (χ4n) is 4.28. The molecule has 0 radical (unpaired) electrons. The maximum Gasteiger partial charge on any atom is 0.320 e. The van der Waals surface area contributed by atoms with Crippen LogP contribution in [0.3, 0.4) is 0 Å². The van der Waals surface area contributed by atoms with Gasteiger partial charge in [0.25, 0.3) is 0 Å². The summed E-state index contributed by atoms with van der Waals surface area (Å²) in [5.74, 6) is -0.968. The maximum absolute atomic E-state index is 12.7. The topological polar surface area (TPSA) is 138 Å². The minimum Gasteiger partial charge on any atom is -0.459 e. The SMILES string of the molecule is CC(C)(C)OC(=O)CN1CCN(CC(=O)OC(C)(C)C)CCN(CC(O)CN)CCN(CC(=O)OC(C)(C)C)CC1. The van der Waals surface area contributed by atoms with Crippen LogP contribution in [-0.2, 0) is 28.6 Å². The standard InChI is InChI=1S/C29H57N5O7/c1-27(2,3)39-24(36)20-32-12-10-31(19-23(35)18-30)11-13-33(21-25(37)40-28(4,5)6)15-17-34(16-14-32)22-26(38)41-29(7,8)9/h23,35H,10-22,30H2,1-9H3. The number of ether oxygens (including phenoxy) is 3. The third kappa shape index (κ3) is 19.1. The Bertz CT molecular complexity index is 774. The van der Waals surface area contributed by atoms with Gasteiger partial charge in [0.1, 0.15) is 16.8 Å². The van der Waals surface area contributed by atoms with E-state index in [1.54, 1.807) is 0 Å². The van der Waals surface area contributed by atoms with E-state index in [1.807, 2.05) is 77.0 Å². The second kappa shape index (κ2) is 16.7. The highest BCUT2D eigenvalue weighted by atomic mass is 16.6. The van der Waals surface area contributed by atoms with Gasteiger partial charge in [-0.3, -0.25) is 34.0 Å². The van der Waals surface area contributed by atoms with Crippen molar-refractivity contribution in [3.8, 4) is 0 Å². The van der Waals surface area contributed by atoms with E-state index in [0.717, 1.165) is 0 Å². The number of rotatable bonds is 9. The Kier molecular flexibility index (Phi) is 15.2. The first-order valence-corrected chi connectivity index (χ1v) is 14.7. The maximum atomic E-state index is 12.7. The number of hydrogen-bond donors (Lipinski definition) is 2. The number of nitrogens with two attached hydrogens (primary N) is 1. The molecule has 1 atom stereocenters. The molecule has 0 saturated carbocycles. The van der Waals surface area contributed by atoms with E-state index in [4.69, 9.17) is 19.9 Å². The molecule has 3 N–H and O–H groups in total. The van der Waals surface area contributed by atoms with Crippen molar-refractivity contribution >= 4 is 17.9 Å². The van der Waals surface area contributed by atoms with Crippen LogP contribution in [0.4, 0.5) is 0 Å². The van der Waals surface area contributed by atoms with Crippen molar-refractivity contribution in [1.29, 1.82) is 0 Å². The van der Waals surface area contributed by atoms with Crippen LogP contribution in [0.15, 0.2) is 0 Å². The number of aliphatic hydroxyl groups excluding tert-OH is 1. The van der Waals surface area contributed by atoms with Gasteiger partial charge >= 0.3 is 17.9 Å². The predicted molar refractivity (Wildman–Crippen MR) is 158 cm³/mol. The molecule has 1 aliphatic heterocycles. The van der Waals surface area contributed by atoms with E-state index in [0.29, 0.717) is 58.9 Å². The molecule has 240 valence electrons. The Balaban J connectivity index is 3.15. The second-order valence-corrected chi connectivity index (χ2v) is 13.8. The number of nitrogens with zero attached hydrogens (tertiary/aromatic N) is 4. The average Bonchev–Trinajstić information content (AvgIpc) is 2.76. The number of carbonyl (C=O) groups is 3. The fraction of sp³-hybridized carbons (Fsp3) is 0.897. The van der Waals surface area contributed by atoms with Crippen LogP contribution in [0.5, 0.6) is 0 Å². The van der Waals surface area contributed by atoms with E-state index in [1.165, 1.54) is 0 Å². The van der Waals surface area contributed by atoms with Gasteiger partial charge in [-0.05, 0) is 62.3 Å². The van der Waals surface area contributed by atoms with Crippen molar-refractivity contribution < 1.29 is 33.7 Å². The lowest BCUT2D eigenvalue weighted by Crippen LogP contribution is -2.50. The summed E-state index contributed by atoms with van der Waals surface area (Å²) in [5, 5.41) is 10.3. The summed E-state index contributed by atoms with van der Waals surface area (Å²) in [6.07, 6.45) is -0.689. The second-order valence-electron chi connectivity index (χ2n) is 13.8. The van der Waals surface area contributed by atoms with Gasteiger partial charge in [0, 0.05) is 65.4 Å². The molecule has 0 aliphatic carbocycles. The van der Waals surface area contributed by atoms with Crippen molar-refractivity contribution in [2.75, 3.05) is 85.1 Å². The van der Waals surface area contributed by atoms with E-state index in [2.05, 4.69) is 4.90 Å². The highest BCUT2D eigenvalue weighted by Gasteiger charge is 2.25. The van der Waals surface area contributed by atoms with Gasteiger partial charge in [-0.2, -0.15) is 0 Å². The zero-order valence-corrected chi connectivity index (χ0v) is 27.0. The molecule has 1 unspecified atom stereocenters. The van der Waals surface area contributed by atoms with Crippen LogP contribution in [-0.4, -0.2) is 151 Å². The molecular formula is C29H57N5O7. The third-order valence-electron chi connectivity index (χ3n) is 5.99. The quantitative estimate of drug-likeness (QED) is 0.288. The summed E-state index contributed by atoms with van der Waals surface area (Å²) in [6.45, 7) is 21.6. The summed E-state index contributed by atoms with van der Waals surface area (Å²) in [4.78, 5) is 46.2. The van der Waals surface area contributed by atoms with Crippen molar-refractivity contribution in [1.82, 2.24) is 19.6 Å². The smallest absolute Gasteiger partial charge is 0.320 e. The lowest BCUT2D eigenvalue weighted by molar-refractivity contribution is -0.158. The normalized spacial score (nSPS) is 19.1. The van der Waals surface area contributed by atoms with E-state index in [9.17, 15) is 19.5 Å². The van der Waals surface area contributed by atoms with E-state index >= 15 is 0 Å². The first-order chi connectivity index (χ1) is 18.7. The summed E-state index contributed by atoms with van der Waals surface area (Å²) >= 11 is 0. The Labute approximate surface area is 247 Å². The Hall–Kier alpha value is -1.83. The molecular weight excluding hydrogens is 530 g/mol. The number of carbonyl (C=O) groups excluding carboxylic acids is 3. The minimum absolute atomic E-state index is 0.0899. The Morgan fingerprint density at radius 3 is 1.05 bits per heavy atom. The average molecular weight is 588 g/mol. The van der Waals surface area contributed by atoms with Gasteiger partial charge in [-0.25, -0.2) is 0 Å². The largest absolute Gasteiger partial charge is 0.459 e. The van der Waals surface area contributed by atoms with Crippen LogP contribution < -0.4 is 5.73 Å². The van der Waals surface area contributed by atoms with Crippen LogP contribution in [0.2, 0.25) is 0 Å².